The van der Waals surface area contributed by atoms with Crippen LogP contribution in [0.15, 0.2) is 60.8 Å². The summed E-state index contributed by atoms with van der Waals surface area (Å²) in [5, 5.41) is 1.64. The molecule has 1 saturated heterocycles. The molecule has 0 radical (unpaired) electrons. The van der Waals surface area contributed by atoms with Crippen LogP contribution >= 0.6 is 0 Å². The van der Waals surface area contributed by atoms with E-state index in [9.17, 15) is 14.4 Å². The number of hydrogen-bond acceptors (Lipinski definition) is 8. The minimum absolute atomic E-state index is 0.0246. The maximum atomic E-state index is 13.1. The molecule has 0 spiro atoms. The van der Waals surface area contributed by atoms with Crippen LogP contribution in [0.5, 0.6) is 11.5 Å². The highest BCUT2D eigenvalue weighted by Gasteiger charge is 2.39. The molecule has 1 fully saturated rings. The molecule has 6 rings (SSSR count). The number of carbonyl (C=O) groups is 3. The van der Waals surface area contributed by atoms with Crippen molar-refractivity contribution < 1.29 is 33.4 Å². The number of aromatic nitrogens is 1. The zero-order chi connectivity index (χ0) is 31.0. The molecule has 1 N–H and O–H groups in total. The zero-order valence-electron chi connectivity index (χ0n) is 25.2. The Kier molecular flexibility index (Phi) is 8.11. The number of likely N-dealkylation sites (tertiary alicyclic amines) is 1. The number of imide groups is 1. The van der Waals surface area contributed by atoms with Gasteiger partial charge in [0, 0.05) is 48.4 Å². The summed E-state index contributed by atoms with van der Waals surface area (Å²) in [5.74, 6) is -0.928. The molecule has 2 amide bonds. The molecule has 4 aromatic rings. The quantitative estimate of drug-likeness (QED) is 0.248. The molecular formula is C34H35N3O7. The van der Waals surface area contributed by atoms with E-state index in [0.29, 0.717) is 24.0 Å². The molecule has 44 heavy (non-hydrogen) atoms. The number of nitrogens with zero attached hydrogens (tertiary/aromatic N) is 2. The predicted molar refractivity (Wildman–Crippen MR) is 163 cm³/mol. The number of piperidine rings is 1. The Labute approximate surface area is 255 Å². The zero-order valence-corrected chi connectivity index (χ0v) is 25.2. The third-order valence-corrected chi connectivity index (χ3v) is 8.52. The van der Waals surface area contributed by atoms with Crippen LogP contribution in [0.2, 0.25) is 0 Å². The summed E-state index contributed by atoms with van der Waals surface area (Å²) in [7, 11) is 3.17. The largest absolute Gasteiger partial charge is 0.497 e. The molecule has 3 aromatic carbocycles. The number of carbonyl (C=O) groups excluding carboxylic acids is 3. The van der Waals surface area contributed by atoms with E-state index in [1.807, 2.05) is 25.3 Å². The molecule has 0 aliphatic carbocycles. The number of benzene rings is 3. The van der Waals surface area contributed by atoms with E-state index in [0.717, 1.165) is 52.7 Å². The van der Waals surface area contributed by atoms with Gasteiger partial charge in [-0.15, -0.1) is 0 Å². The van der Waals surface area contributed by atoms with Gasteiger partial charge in [0.05, 0.1) is 37.0 Å². The van der Waals surface area contributed by atoms with Crippen LogP contribution in [0.3, 0.4) is 0 Å². The van der Waals surface area contributed by atoms with Crippen LogP contribution in [0.1, 0.15) is 73.6 Å². The number of aromatic amines is 1. The fourth-order valence-electron chi connectivity index (χ4n) is 6.27. The Balaban J connectivity index is 1.23. The van der Waals surface area contributed by atoms with Crippen LogP contribution in [0, 0.1) is 6.92 Å². The molecule has 228 valence electrons. The second-order valence-electron chi connectivity index (χ2n) is 11.0. The van der Waals surface area contributed by atoms with Crippen molar-refractivity contribution in [2.24, 2.45) is 0 Å². The van der Waals surface area contributed by atoms with Gasteiger partial charge in [0.1, 0.15) is 11.5 Å². The lowest BCUT2D eigenvalue weighted by atomic mass is 9.91. The maximum Gasteiger partial charge on any atom is 0.363 e. The Morgan fingerprint density at radius 2 is 1.75 bits per heavy atom. The highest BCUT2D eigenvalue weighted by atomic mass is 16.7. The molecule has 2 aliphatic rings. The number of hydrogen-bond donors (Lipinski definition) is 1. The highest BCUT2D eigenvalue weighted by molar-refractivity contribution is 6.21. The van der Waals surface area contributed by atoms with Crippen LogP contribution in [0.25, 0.3) is 10.9 Å². The van der Waals surface area contributed by atoms with Crippen LogP contribution in [-0.4, -0.2) is 66.2 Å². The topological polar surface area (TPSA) is 110 Å². The fraction of sp³-hybridized carbons (Fsp3) is 0.324. The molecule has 2 aliphatic heterocycles. The Morgan fingerprint density at radius 3 is 2.48 bits per heavy atom. The van der Waals surface area contributed by atoms with Gasteiger partial charge in [0.25, 0.3) is 11.8 Å². The van der Waals surface area contributed by atoms with E-state index in [-0.39, 0.29) is 28.8 Å². The number of H-pyrrole nitrogens is 1. The number of aryl methyl sites for hydroxylation is 1. The minimum atomic E-state index is -0.801. The molecule has 0 bridgehead atoms. The summed E-state index contributed by atoms with van der Waals surface area (Å²) in [5.41, 5.74) is 4.87. The van der Waals surface area contributed by atoms with Gasteiger partial charge in [-0.2, -0.15) is 0 Å². The number of fused-ring (bicyclic) bond motifs is 2. The van der Waals surface area contributed by atoms with Gasteiger partial charge in [-0.05, 0) is 80.3 Å². The molecular weight excluding hydrogens is 562 g/mol. The first-order valence-electron chi connectivity index (χ1n) is 14.7. The van der Waals surface area contributed by atoms with Crippen LogP contribution in [0.4, 0.5) is 0 Å². The Bertz CT molecular complexity index is 1730. The average Bonchev–Trinajstić information content (AvgIpc) is 3.63. The monoisotopic (exact) mass is 597 g/mol. The first-order valence-corrected chi connectivity index (χ1v) is 14.7. The first kappa shape index (κ1) is 29.4. The van der Waals surface area contributed by atoms with Gasteiger partial charge in [0.15, 0.2) is 0 Å². The summed E-state index contributed by atoms with van der Waals surface area (Å²) < 4.78 is 17.0. The normalized spacial score (nSPS) is 18.5. The van der Waals surface area contributed by atoms with E-state index in [4.69, 9.17) is 19.0 Å². The van der Waals surface area contributed by atoms with E-state index < -0.39 is 17.8 Å². The van der Waals surface area contributed by atoms with Crippen molar-refractivity contribution in [2.75, 3.05) is 27.4 Å². The second-order valence-corrected chi connectivity index (χ2v) is 11.0. The van der Waals surface area contributed by atoms with Crippen molar-refractivity contribution >= 4 is 28.7 Å². The number of nitrogens with one attached hydrogen (secondary N) is 1. The van der Waals surface area contributed by atoms with Gasteiger partial charge < -0.3 is 24.0 Å². The van der Waals surface area contributed by atoms with Crippen LogP contribution in [-0.2, 0) is 16.1 Å². The highest BCUT2D eigenvalue weighted by Crippen LogP contribution is 2.38. The summed E-state index contributed by atoms with van der Waals surface area (Å²) in [4.78, 5) is 49.8. The van der Waals surface area contributed by atoms with Gasteiger partial charge in [0.2, 0.25) is 0 Å². The molecule has 10 heteroatoms. The van der Waals surface area contributed by atoms with E-state index >= 15 is 0 Å². The number of amides is 2. The number of methoxy groups -OCH3 is 2. The van der Waals surface area contributed by atoms with Crippen molar-refractivity contribution in [1.82, 2.24) is 14.9 Å². The summed E-state index contributed by atoms with van der Waals surface area (Å²) in [6.45, 7) is 6.22. The van der Waals surface area contributed by atoms with Crippen molar-refractivity contribution in [1.29, 1.82) is 0 Å². The SMILES string of the molecule is CCOC1CCN(Cc2c(OC)cc(C)c3[nH]ccc23)[C@H](c2ccc(C(=O)ON3C(=O)c4ccc(OC)cc4C3=O)cc2)C1. The van der Waals surface area contributed by atoms with Crippen molar-refractivity contribution in [2.45, 2.75) is 45.4 Å². The molecule has 3 heterocycles. The van der Waals surface area contributed by atoms with Crippen molar-refractivity contribution in [3.05, 3.63) is 94.2 Å². The van der Waals surface area contributed by atoms with Gasteiger partial charge in [-0.3, -0.25) is 14.5 Å². The van der Waals surface area contributed by atoms with E-state index in [1.54, 1.807) is 25.3 Å². The molecule has 1 unspecified atom stereocenters. The Hall–Kier alpha value is -4.67. The van der Waals surface area contributed by atoms with Crippen molar-refractivity contribution in [3.8, 4) is 11.5 Å². The minimum Gasteiger partial charge on any atom is -0.497 e. The third kappa shape index (κ3) is 5.31. The third-order valence-electron chi connectivity index (χ3n) is 8.52. The molecule has 10 nitrogen and oxygen atoms in total. The number of ether oxygens (including phenoxy) is 3. The van der Waals surface area contributed by atoms with E-state index in [2.05, 4.69) is 28.9 Å². The summed E-state index contributed by atoms with van der Waals surface area (Å²) in [6.07, 6.45) is 3.77. The summed E-state index contributed by atoms with van der Waals surface area (Å²) >= 11 is 0. The van der Waals surface area contributed by atoms with Crippen LogP contribution < -0.4 is 9.47 Å². The first-order chi connectivity index (χ1) is 21.3. The molecule has 1 aromatic heterocycles. The number of rotatable bonds is 9. The van der Waals surface area contributed by atoms with Crippen molar-refractivity contribution in [3.63, 3.8) is 0 Å². The smallest absolute Gasteiger partial charge is 0.363 e. The maximum absolute atomic E-state index is 13.1. The summed E-state index contributed by atoms with van der Waals surface area (Å²) in [6, 6.07) is 15.8. The lowest BCUT2D eigenvalue weighted by Crippen LogP contribution is -2.39. The van der Waals surface area contributed by atoms with Gasteiger partial charge in [-0.1, -0.05) is 17.2 Å². The number of hydroxylamine groups is 2. The lowest BCUT2D eigenvalue weighted by Gasteiger charge is -2.40. The van der Waals surface area contributed by atoms with Gasteiger partial charge >= 0.3 is 5.97 Å². The second kappa shape index (κ2) is 12.1. The lowest BCUT2D eigenvalue weighted by molar-refractivity contribution is -0.0584. The standard InChI is InChI=1S/C34H35N3O7/c1-5-43-24-13-15-36(19-28-25-12-14-35-31(25)20(2)16-30(28)42-4)29(18-24)21-6-8-22(9-7-21)34(40)44-37-32(38)26-11-10-23(41-3)17-27(26)33(37)39/h6-12,14,16-17,24,29,35H,5,13,15,18-19H2,1-4H3/t24?,29-/m0/s1. The molecule has 0 saturated carbocycles. The fourth-order valence-corrected chi connectivity index (χ4v) is 6.27. The van der Waals surface area contributed by atoms with Gasteiger partial charge in [-0.25, -0.2) is 4.79 Å². The average molecular weight is 598 g/mol. The predicted octanol–water partition coefficient (Wildman–Crippen LogP) is 5.60. The molecule has 2 atom stereocenters. The van der Waals surface area contributed by atoms with E-state index in [1.165, 1.54) is 19.2 Å². The Morgan fingerprint density at radius 1 is 0.977 bits per heavy atom.